The van der Waals surface area contributed by atoms with Crippen LogP contribution in [0.3, 0.4) is 0 Å². The molecule has 2 rings (SSSR count). The minimum atomic E-state index is -1.63. The van der Waals surface area contributed by atoms with Crippen molar-refractivity contribution in [3.05, 3.63) is 0 Å². The van der Waals surface area contributed by atoms with Gasteiger partial charge in [0.25, 0.3) is 0 Å². The first-order valence-corrected chi connectivity index (χ1v) is 11.7. The average molecular weight is 487 g/mol. The summed E-state index contributed by atoms with van der Waals surface area (Å²) in [5.41, 5.74) is 0. The number of thioether (sulfide) groups is 1. The van der Waals surface area contributed by atoms with Crippen LogP contribution < -0.4 is 0 Å². The minimum Gasteiger partial charge on any atom is -0.481 e. The third-order valence-electron chi connectivity index (χ3n) is 5.47. The molecule has 0 aromatic rings. The van der Waals surface area contributed by atoms with Gasteiger partial charge in [0.15, 0.2) is 12.6 Å². The molecule has 0 spiro atoms. The summed E-state index contributed by atoms with van der Waals surface area (Å²) in [7, 11) is 0. The lowest BCUT2D eigenvalue weighted by Gasteiger charge is -2.46. The summed E-state index contributed by atoms with van der Waals surface area (Å²) in [5, 5.41) is 68.2. The molecular formula is C19H34O12S. The van der Waals surface area contributed by atoms with E-state index in [1.165, 1.54) is 11.8 Å². The molecule has 2 saturated heterocycles. The predicted octanol–water partition coefficient (Wildman–Crippen LogP) is -2.50. The van der Waals surface area contributed by atoms with Crippen LogP contribution in [-0.4, -0.2) is 128 Å². The third-order valence-corrected chi connectivity index (χ3v) is 6.54. The van der Waals surface area contributed by atoms with Gasteiger partial charge in [0.2, 0.25) is 0 Å². The molecule has 2 fully saturated rings. The molecule has 0 aromatic heterocycles. The van der Waals surface area contributed by atoms with Crippen molar-refractivity contribution in [3.63, 3.8) is 0 Å². The van der Waals surface area contributed by atoms with Crippen molar-refractivity contribution in [2.24, 2.45) is 5.92 Å². The van der Waals surface area contributed by atoms with Crippen LogP contribution in [0.2, 0.25) is 0 Å². The number of ether oxygens (including phenoxy) is 4. The number of aliphatic hydroxyl groups excluding tert-OH is 6. The smallest absolute Gasteiger partial charge is 0.304 e. The van der Waals surface area contributed by atoms with Crippen molar-refractivity contribution in [2.45, 2.75) is 75.1 Å². The van der Waals surface area contributed by atoms with E-state index in [4.69, 9.17) is 24.1 Å². The second-order valence-electron chi connectivity index (χ2n) is 7.85. The van der Waals surface area contributed by atoms with Crippen LogP contribution in [0, 0.1) is 5.92 Å². The van der Waals surface area contributed by atoms with Crippen LogP contribution in [0.4, 0.5) is 0 Å². The lowest BCUT2D eigenvalue weighted by Crippen LogP contribution is -2.63. The number of carbonyl (C=O) groups is 1. The zero-order valence-corrected chi connectivity index (χ0v) is 18.6. The van der Waals surface area contributed by atoms with Gasteiger partial charge in [-0.3, -0.25) is 4.79 Å². The van der Waals surface area contributed by atoms with Gasteiger partial charge >= 0.3 is 5.97 Å². The first-order chi connectivity index (χ1) is 15.2. The van der Waals surface area contributed by atoms with Crippen LogP contribution in [0.5, 0.6) is 0 Å². The molecule has 2 aliphatic rings. The van der Waals surface area contributed by atoms with Crippen LogP contribution in [0.1, 0.15) is 19.8 Å². The molecule has 0 aliphatic carbocycles. The molecule has 4 unspecified atom stereocenters. The fourth-order valence-corrected chi connectivity index (χ4v) is 4.40. The Morgan fingerprint density at radius 2 is 1.53 bits per heavy atom. The SMILES string of the molecule is CC1[C@@H](OCCCSCCC(=O)O)OC(CO)[C@H](O)[C@@H]1O[C@@H]1OC(CO)[C@H](O)[C@H](O)C1O. The van der Waals surface area contributed by atoms with Crippen molar-refractivity contribution in [1.82, 2.24) is 0 Å². The quantitative estimate of drug-likeness (QED) is 0.143. The molecule has 7 N–H and O–H groups in total. The number of carboxylic acids is 1. The predicted molar refractivity (Wildman–Crippen MR) is 110 cm³/mol. The summed E-state index contributed by atoms with van der Waals surface area (Å²) in [4.78, 5) is 10.5. The van der Waals surface area contributed by atoms with Gasteiger partial charge in [-0.15, -0.1) is 0 Å². The van der Waals surface area contributed by atoms with Gasteiger partial charge in [-0.05, 0) is 12.2 Å². The number of aliphatic hydroxyl groups is 6. The largest absolute Gasteiger partial charge is 0.481 e. The number of hydrogen-bond acceptors (Lipinski definition) is 12. The third kappa shape index (κ3) is 7.21. The molecule has 0 amide bonds. The van der Waals surface area contributed by atoms with Crippen molar-refractivity contribution >= 4 is 17.7 Å². The monoisotopic (exact) mass is 486 g/mol. The fraction of sp³-hybridized carbons (Fsp3) is 0.947. The Hall–Kier alpha value is -0.580. The molecule has 13 heteroatoms. The number of carboxylic acid groups (broad SMARTS) is 1. The summed E-state index contributed by atoms with van der Waals surface area (Å²) in [6, 6.07) is 0. The van der Waals surface area contributed by atoms with Crippen LogP contribution in [0.25, 0.3) is 0 Å². The molecule has 12 nitrogen and oxygen atoms in total. The molecule has 0 radical (unpaired) electrons. The van der Waals surface area contributed by atoms with Crippen molar-refractivity contribution in [2.75, 3.05) is 31.3 Å². The number of rotatable bonds is 12. The van der Waals surface area contributed by atoms with E-state index in [0.717, 1.165) is 0 Å². The highest BCUT2D eigenvalue weighted by Crippen LogP contribution is 2.32. The van der Waals surface area contributed by atoms with Gasteiger partial charge < -0.3 is 54.7 Å². The first-order valence-electron chi connectivity index (χ1n) is 10.5. The normalized spacial score (nSPS) is 40.3. The minimum absolute atomic E-state index is 0.0847. The van der Waals surface area contributed by atoms with E-state index in [2.05, 4.69) is 0 Å². The van der Waals surface area contributed by atoms with E-state index in [0.29, 0.717) is 17.9 Å². The molecule has 0 aromatic carbocycles. The van der Waals surface area contributed by atoms with Gasteiger partial charge in [-0.25, -0.2) is 0 Å². The molecule has 0 bridgehead atoms. The summed E-state index contributed by atoms with van der Waals surface area (Å²) in [6.45, 7) is 0.827. The van der Waals surface area contributed by atoms with E-state index in [9.17, 15) is 35.4 Å². The van der Waals surface area contributed by atoms with Gasteiger partial charge in [0.1, 0.15) is 36.6 Å². The summed E-state index contributed by atoms with van der Waals surface area (Å²) in [6.07, 6.45) is -10.9. The van der Waals surface area contributed by atoms with Gasteiger partial charge in [0.05, 0.1) is 32.3 Å². The average Bonchev–Trinajstić information content (AvgIpc) is 2.76. The molecule has 2 heterocycles. The highest BCUT2D eigenvalue weighted by Gasteiger charge is 2.49. The summed E-state index contributed by atoms with van der Waals surface area (Å²) >= 11 is 1.49. The maximum absolute atomic E-state index is 10.6. The van der Waals surface area contributed by atoms with Crippen LogP contribution >= 0.6 is 11.8 Å². The lowest BCUT2D eigenvalue weighted by molar-refractivity contribution is -0.351. The summed E-state index contributed by atoms with van der Waals surface area (Å²) < 4.78 is 22.5. The zero-order chi connectivity index (χ0) is 23.8. The van der Waals surface area contributed by atoms with Crippen molar-refractivity contribution in [1.29, 1.82) is 0 Å². The van der Waals surface area contributed by atoms with Crippen LogP contribution in [0.15, 0.2) is 0 Å². The number of hydrogen-bond donors (Lipinski definition) is 7. The maximum Gasteiger partial charge on any atom is 0.304 e. The van der Waals surface area contributed by atoms with E-state index in [-0.39, 0.29) is 13.0 Å². The van der Waals surface area contributed by atoms with Crippen molar-refractivity contribution < 1.29 is 59.5 Å². The Morgan fingerprint density at radius 1 is 0.906 bits per heavy atom. The Morgan fingerprint density at radius 3 is 2.16 bits per heavy atom. The second-order valence-corrected chi connectivity index (χ2v) is 9.08. The molecule has 0 saturated carbocycles. The molecule has 2 aliphatic heterocycles. The second kappa shape index (κ2) is 13.3. The van der Waals surface area contributed by atoms with E-state index in [1.807, 2.05) is 0 Å². The molecular weight excluding hydrogens is 452 g/mol. The lowest BCUT2D eigenvalue weighted by atomic mass is 9.91. The Kier molecular flexibility index (Phi) is 11.5. The van der Waals surface area contributed by atoms with E-state index >= 15 is 0 Å². The van der Waals surface area contributed by atoms with E-state index < -0.39 is 80.4 Å². The first kappa shape index (κ1) is 27.7. The highest BCUT2D eigenvalue weighted by atomic mass is 32.2. The Balaban J connectivity index is 1.93. The van der Waals surface area contributed by atoms with E-state index in [1.54, 1.807) is 6.92 Å². The standard InChI is InChI=1S/C19H34O12S/c1-9-17(31-19-16(27)15(26)13(24)10(7-20)30-19)14(25)11(8-21)29-18(9)28-4-2-5-32-6-3-12(22)23/h9-11,13-21,24-27H,2-8H2,1H3,(H,22,23)/t9?,10?,11?,13-,14-,15-,16?,17+,18-,19-/m0/s1. The summed E-state index contributed by atoms with van der Waals surface area (Å²) in [5.74, 6) is -0.234. The molecule has 10 atom stereocenters. The number of aliphatic carboxylic acids is 1. The van der Waals surface area contributed by atoms with Gasteiger partial charge in [-0.2, -0.15) is 11.8 Å². The molecule has 188 valence electrons. The topological polar surface area (TPSA) is 196 Å². The Bertz CT molecular complexity index is 566. The maximum atomic E-state index is 10.6. The van der Waals surface area contributed by atoms with Crippen LogP contribution in [-0.2, 0) is 23.7 Å². The highest BCUT2D eigenvalue weighted by molar-refractivity contribution is 7.99. The molecule has 32 heavy (non-hydrogen) atoms. The van der Waals surface area contributed by atoms with Gasteiger partial charge in [0, 0.05) is 11.7 Å². The zero-order valence-electron chi connectivity index (χ0n) is 17.8. The van der Waals surface area contributed by atoms with Gasteiger partial charge in [-0.1, -0.05) is 6.92 Å². The fourth-order valence-electron chi connectivity index (χ4n) is 3.56. The van der Waals surface area contributed by atoms with Crippen molar-refractivity contribution in [3.8, 4) is 0 Å². The Labute approximate surface area is 190 Å².